The molecule has 0 amide bonds. The molecule has 0 aliphatic heterocycles. The minimum absolute atomic E-state index is 0.108. The molecule has 1 aliphatic rings. The summed E-state index contributed by atoms with van der Waals surface area (Å²) in [5.74, 6) is -0.607. The lowest BCUT2D eigenvalue weighted by molar-refractivity contribution is -0.110. The van der Waals surface area contributed by atoms with Gasteiger partial charge in [0, 0.05) is 0 Å². The Hall–Kier alpha value is -2.01. The van der Waals surface area contributed by atoms with E-state index in [1.54, 1.807) is 17.5 Å². The first-order valence-corrected chi connectivity index (χ1v) is 5.36. The largest absolute Gasteiger partial charge is 0.375 e. The van der Waals surface area contributed by atoms with Gasteiger partial charge in [0.2, 0.25) is 0 Å². The quantitative estimate of drug-likeness (QED) is 0.445. The molecular weight excluding hydrogens is 226 g/mol. The summed E-state index contributed by atoms with van der Waals surface area (Å²) in [4.78, 5) is 27.4. The number of carbonyl (C=O) groups excluding carboxylic acids is 2. The Labute approximate surface area is 95.5 Å². The third-order valence-electron chi connectivity index (χ3n) is 1.79. The maximum atomic E-state index is 11.4. The third kappa shape index (κ3) is 2.52. The smallest absolute Gasteiger partial charge is 0.311 e. The van der Waals surface area contributed by atoms with Gasteiger partial charge in [-0.15, -0.1) is 11.3 Å². The molecule has 2 rings (SSSR count). The first kappa shape index (κ1) is 10.5. The van der Waals surface area contributed by atoms with Gasteiger partial charge in [-0.2, -0.15) is 0 Å². The number of oxime groups is 1. The number of thiophene rings is 1. The van der Waals surface area contributed by atoms with Crippen LogP contribution in [0.3, 0.4) is 0 Å². The van der Waals surface area contributed by atoms with Crippen LogP contribution in [0.2, 0.25) is 0 Å². The maximum absolute atomic E-state index is 11.4. The zero-order valence-electron chi connectivity index (χ0n) is 8.12. The Bertz CT molecular complexity index is 479. The van der Waals surface area contributed by atoms with Crippen LogP contribution < -0.4 is 0 Å². The molecule has 0 bridgehead atoms. The van der Waals surface area contributed by atoms with Crippen LogP contribution >= 0.6 is 11.3 Å². The second-order valence-electron chi connectivity index (χ2n) is 2.94. The SMILES string of the molecule is O=C1C=CC(=NOC(=O)c2cccs2)C=C1. The monoisotopic (exact) mass is 233 g/mol. The topological polar surface area (TPSA) is 55.7 Å². The Kier molecular flexibility index (Phi) is 3.07. The van der Waals surface area contributed by atoms with E-state index in [0.29, 0.717) is 10.6 Å². The molecule has 1 aromatic rings. The van der Waals surface area contributed by atoms with Crippen molar-refractivity contribution in [2.45, 2.75) is 0 Å². The molecule has 0 unspecified atom stereocenters. The van der Waals surface area contributed by atoms with Crippen molar-refractivity contribution in [3.8, 4) is 0 Å². The molecule has 0 saturated carbocycles. The van der Waals surface area contributed by atoms with Crippen molar-refractivity contribution in [1.29, 1.82) is 0 Å². The highest BCUT2D eigenvalue weighted by molar-refractivity contribution is 7.11. The molecule has 0 spiro atoms. The number of carbonyl (C=O) groups is 2. The first-order chi connectivity index (χ1) is 7.75. The number of hydrogen-bond acceptors (Lipinski definition) is 5. The molecule has 5 heteroatoms. The Morgan fingerprint density at radius 1 is 1.25 bits per heavy atom. The van der Waals surface area contributed by atoms with Gasteiger partial charge >= 0.3 is 5.97 Å². The van der Waals surface area contributed by atoms with Gasteiger partial charge in [0.15, 0.2) is 5.78 Å². The Morgan fingerprint density at radius 2 is 2.00 bits per heavy atom. The van der Waals surface area contributed by atoms with E-state index < -0.39 is 5.97 Å². The number of rotatable bonds is 2. The molecule has 4 nitrogen and oxygen atoms in total. The zero-order chi connectivity index (χ0) is 11.4. The van der Waals surface area contributed by atoms with E-state index in [1.807, 2.05) is 0 Å². The van der Waals surface area contributed by atoms with E-state index in [0.717, 1.165) is 0 Å². The number of allylic oxidation sites excluding steroid dienone is 4. The fourth-order valence-corrected chi connectivity index (χ4v) is 1.64. The summed E-state index contributed by atoms with van der Waals surface area (Å²) in [6.07, 6.45) is 5.70. The summed E-state index contributed by atoms with van der Waals surface area (Å²) in [6, 6.07) is 3.41. The molecule has 1 heterocycles. The van der Waals surface area contributed by atoms with E-state index in [1.165, 1.54) is 35.6 Å². The van der Waals surface area contributed by atoms with Crippen LogP contribution in [-0.2, 0) is 9.63 Å². The molecule has 0 radical (unpaired) electrons. The van der Waals surface area contributed by atoms with E-state index in [4.69, 9.17) is 4.84 Å². The Morgan fingerprint density at radius 3 is 2.62 bits per heavy atom. The molecule has 16 heavy (non-hydrogen) atoms. The van der Waals surface area contributed by atoms with Gasteiger partial charge < -0.3 is 4.84 Å². The number of ketones is 1. The fourth-order valence-electron chi connectivity index (χ4n) is 1.04. The van der Waals surface area contributed by atoms with Crippen LogP contribution in [-0.4, -0.2) is 17.5 Å². The molecule has 0 saturated heterocycles. The third-order valence-corrected chi connectivity index (χ3v) is 2.64. The van der Waals surface area contributed by atoms with Crippen molar-refractivity contribution in [1.82, 2.24) is 0 Å². The molecule has 0 aromatic carbocycles. The van der Waals surface area contributed by atoms with Crippen molar-refractivity contribution in [3.05, 3.63) is 46.7 Å². The van der Waals surface area contributed by atoms with Crippen LogP contribution in [0.25, 0.3) is 0 Å². The predicted molar refractivity (Wildman–Crippen MR) is 60.5 cm³/mol. The van der Waals surface area contributed by atoms with Gasteiger partial charge in [0.25, 0.3) is 0 Å². The average Bonchev–Trinajstić information content (AvgIpc) is 2.81. The molecule has 0 N–H and O–H groups in total. The molecule has 0 atom stereocenters. The van der Waals surface area contributed by atoms with Crippen molar-refractivity contribution >= 4 is 28.8 Å². The van der Waals surface area contributed by atoms with Gasteiger partial charge in [-0.25, -0.2) is 4.79 Å². The van der Waals surface area contributed by atoms with Gasteiger partial charge in [0.05, 0.1) is 0 Å². The molecule has 1 aromatic heterocycles. The molecule has 80 valence electrons. The van der Waals surface area contributed by atoms with E-state index in [-0.39, 0.29) is 5.78 Å². The van der Waals surface area contributed by atoms with Crippen molar-refractivity contribution in [3.63, 3.8) is 0 Å². The average molecular weight is 233 g/mol. The van der Waals surface area contributed by atoms with Crippen molar-refractivity contribution < 1.29 is 14.4 Å². The van der Waals surface area contributed by atoms with Crippen LogP contribution in [0.4, 0.5) is 0 Å². The van der Waals surface area contributed by atoms with E-state index in [9.17, 15) is 9.59 Å². The van der Waals surface area contributed by atoms with Gasteiger partial charge in [-0.05, 0) is 35.8 Å². The predicted octanol–water partition coefficient (Wildman–Crippen LogP) is 1.96. The normalized spacial score (nSPS) is 14.0. The summed E-state index contributed by atoms with van der Waals surface area (Å²) in [7, 11) is 0. The number of nitrogens with zero attached hydrogens (tertiary/aromatic N) is 1. The van der Waals surface area contributed by atoms with Crippen molar-refractivity contribution in [2.75, 3.05) is 0 Å². The van der Waals surface area contributed by atoms with E-state index in [2.05, 4.69) is 5.16 Å². The van der Waals surface area contributed by atoms with Gasteiger partial charge in [-0.3, -0.25) is 4.79 Å². The maximum Gasteiger partial charge on any atom is 0.375 e. The minimum atomic E-state index is -0.499. The van der Waals surface area contributed by atoms with Crippen LogP contribution in [0.15, 0.2) is 47.0 Å². The summed E-state index contributed by atoms with van der Waals surface area (Å²) in [5, 5.41) is 5.40. The highest BCUT2D eigenvalue weighted by atomic mass is 32.1. The highest BCUT2D eigenvalue weighted by Crippen LogP contribution is 2.10. The lowest BCUT2D eigenvalue weighted by atomic mass is 10.2. The van der Waals surface area contributed by atoms with Crippen LogP contribution in [0.5, 0.6) is 0 Å². The standard InChI is InChI=1S/C11H7NO3S/c13-9-5-3-8(4-6-9)12-15-11(14)10-2-1-7-16-10/h1-7H. The lowest BCUT2D eigenvalue weighted by Crippen LogP contribution is -2.03. The minimum Gasteiger partial charge on any atom is -0.311 e. The summed E-state index contributed by atoms with van der Waals surface area (Å²) >= 11 is 1.28. The summed E-state index contributed by atoms with van der Waals surface area (Å²) in [5.41, 5.74) is 0.435. The molecule has 0 fully saturated rings. The number of hydrogen-bond donors (Lipinski definition) is 0. The molecular formula is C11H7NO3S. The molecule has 1 aliphatic carbocycles. The van der Waals surface area contributed by atoms with Crippen LogP contribution in [0, 0.1) is 0 Å². The second-order valence-corrected chi connectivity index (χ2v) is 3.89. The van der Waals surface area contributed by atoms with Gasteiger partial charge in [-0.1, -0.05) is 11.2 Å². The zero-order valence-corrected chi connectivity index (χ0v) is 8.94. The van der Waals surface area contributed by atoms with Crippen molar-refractivity contribution in [2.24, 2.45) is 5.16 Å². The highest BCUT2D eigenvalue weighted by Gasteiger charge is 2.08. The second kappa shape index (κ2) is 4.67. The summed E-state index contributed by atoms with van der Waals surface area (Å²) < 4.78 is 0. The lowest BCUT2D eigenvalue weighted by Gasteiger charge is -1.98. The van der Waals surface area contributed by atoms with E-state index >= 15 is 0 Å². The first-order valence-electron chi connectivity index (χ1n) is 4.49. The van der Waals surface area contributed by atoms with Gasteiger partial charge in [0.1, 0.15) is 10.6 Å². The fraction of sp³-hybridized carbons (Fsp3) is 0. The summed E-state index contributed by atoms with van der Waals surface area (Å²) in [6.45, 7) is 0. The van der Waals surface area contributed by atoms with Crippen LogP contribution in [0.1, 0.15) is 9.67 Å². The Balaban J connectivity index is 2.00.